The van der Waals surface area contributed by atoms with Crippen LogP contribution in [0.25, 0.3) is 0 Å². The summed E-state index contributed by atoms with van der Waals surface area (Å²) in [4.78, 5) is 0. The molecule has 0 spiro atoms. The second kappa shape index (κ2) is 92.1. The zero-order valence-electron chi connectivity index (χ0n) is 114. The van der Waals surface area contributed by atoms with Crippen LogP contribution in [0.5, 0.6) is 0 Å². The standard InChI is InChI=1S/C13H28.C12H26O.2C11H24O.2C10H22O.C10H20.C9H20O.3C8H18.C7H16.C7H14.C6H14.C5H12/c1-6-7-8-9-10-11-12(2)13(3,4)5;1-6-13-10-8-7-9-11(2)12(3,4)5;1-10(11(2,3)4)8-6-7-9-12-5;1-6-12-9-7-8-10(2)11(3,4)5;1-9(10(2,3)4)7-6-8-11-5;1-6-11-8-7-9(2)10(3,4)5;1-10(2,3)9-7-5-4-6-8-9;1-8(6-7-10-5)9(2,3)4;1-7(2)6-8(3,4)5;2*1-6-7(2)8(3,4)5;2*1-6(2)7(3,4)5;1-5-6(2,3)4;1-5(2,3)4/h12H,6-11H2,1-5H3;11H,6-10H2,1-5H3;2*10H,6-9H2,1-5H3;2*9H,6-8H2,1-5H3;9H,4-8H2,1-3H3;8H,6-7H2,1-5H3;3*7H,6H2,1-5H3;6H,1-5H3;1H2,2-5H3;5H2,1-4H3;1-4H3. The number of hydrogen-bond donors (Lipinski definition) is 0. The van der Waals surface area contributed by atoms with Crippen molar-refractivity contribution in [3.05, 3.63) is 12.2 Å². The van der Waals surface area contributed by atoms with Crippen molar-refractivity contribution in [1.29, 1.82) is 0 Å². The summed E-state index contributed by atoms with van der Waals surface area (Å²) in [5, 5.41) is 0. The van der Waals surface area contributed by atoms with E-state index in [1.165, 1.54) is 179 Å². The van der Waals surface area contributed by atoms with Gasteiger partial charge in [-0.05, 0) is 251 Å². The average Bonchev–Trinajstić information content (AvgIpc) is 0.875. The van der Waals surface area contributed by atoms with Gasteiger partial charge in [0.05, 0.1) is 0 Å². The van der Waals surface area contributed by atoms with Crippen LogP contribution >= 0.6 is 0 Å². The van der Waals surface area contributed by atoms with E-state index in [1.54, 1.807) is 21.3 Å². The van der Waals surface area contributed by atoms with E-state index in [0.29, 0.717) is 81.2 Å². The number of allylic oxidation sites excluding steroid dienone is 1. The smallest absolute Gasteiger partial charge is 0.0468 e. The summed E-state index contributed by atoms with van der Waals surface area (Å²) in [5.74, 6) is 9.91. The van der Waals surface area contributed by atoms with Crippen molar-refractivity contribution >= 4 is 0 Å². The van der Waals surface area contributed by atoms with Gasteiger partial charge >= 0.3 is 0 Å². The van der Waals surface area contributed by atoms with Gasteiger partial charge in [0.2, 0.25) is 0 Å². The molecule has 0 aromatic heterocycles. The fourth-order valence-electron chi connectivity index (χ4n) is 11.9. The van der Waals surface area contributed by atoms with Crippen molar-refractivity contribution in [1.82, 2.24) is 0 Å². The van der Waals surface area contributed by atoms with Gasteiger partial charge in [0, 0.05) is 80.8 Å². The predicted molar refractivity (Wildman–Crippen MR) is 660 cm³/mol. The lowest BCUT2D eigenvalue weighted by molar-refractivity contribution is 0.112. The van der Waals surface area contributed by atoms with Crippen LogP contribution in [0.3, 0.4) is 0 Å². The van der Waals surface area contributed by atoms with E-state index in [-0.39, 0.29) is 0 Å². The molecule has 1 aliphatic rings. The van der Waals surface area contributed by atoms with E-state index in [9.17, 15) is 0 Å². The molecule has 6 nitrogen and oxygen atoms in total. The number of unbranched alkanes of at least 4 members (excludes halogenated alkanes) is 6. The lowest BCUT2D eigenvalue weighted by Crippen LogP contribution is -2.22. The van der Waals surface area contributed by atoms with Crippen LogP contribution in [0.15, 0.2) is 12.2 Å². The molecule has 0 aliphatic heterocycles. The fourth-order valence-corrected chi connectivity index (χ4v) is 11.9. The number of methoxy groups -OCH3 is 3. The Balaban J connectivity index is -0.000000103. The van der Waals surface area contributed by atoms with Crippen LogP contribution in [0.2, 0.25) is 0 Å². The third-order valence-electron chi connectivity index (χ3n) is 30.6. The maximum atomic E-state index is 5.30. The maximum absolute atomic E-state index is 5.30. The Morgan fingerprint density at radius 1 is 0.262 bits per heavy atom. The molecule has 0 saturated heterocycles. The lowest BCUT2D eigenvalue weighted by Gasteiger charge is -2.33. The molecule has 872 valence electrons. The summed E-state index contributed by atoms with van der Waals surface area (Å²) in [7, 11) is 5.30. The van der Waals surface area contributed by atoms with Gasteiger partial charge in [-0.15, -0.1) is 0 Å². The average molecular weight is 2020 g/mol. The molecular weight excluding hydrogens is 1720 g/mol. The Kier molecular flexibility index (Phi) is 112. The molecule has 6 heteroatoms. The Hall–Kier alpha value is -0.500. The van der Waals surface area contributed by atoms with Gasteiger partial charge in [0.1, 0.15) is 0 Å². The quantitative estimate of drug-likeness (QED) is 0.0460. The highest BCUT2D eigenvalue weighted by molar-refractivity contribution is 5.00. The summed E-state index contributed by atoms with van der Waals surface area (Å²) in [6.07, 6.45) is 36.0. The molecule has 1 fully saturated rings. The first-order chi connectivity index (χ1) is 62.8. The molecule has 1 saturated carbocycles. The Bertz CT molecular complexity index is 2360. The van der Waals surface area contributed by atoms with E-state index in [1.807, 2.05) is 13.8 Å². The van der Waals surface area contributed by atoms with Crippen molar-refractivity contribution in [3.63, 3.8) is 0 Å². The molecule has 1 aliphatic carbocycles. The van der Waals surface area contributed by atoms with Crippen LogP contribution in [0.4, 0.5) is 0 Å². The van der Waals surface area contributed by atoms with Crippen LogP contribution in [0, 0.1) is 152 Å². The van der Waals surface area contributed by atoms with E-state index < -0.39 is 0 Å². The zero-order chi connectivity index (χ0) is 116. The van der Waals surface area contributed by atoms with Crippen molar-refractivity contribution in [3.8, 4) is 0 Å². The van der Waals surface area contributed by atoms with Crippen molar-refractivity contribution in [2.75, 3.05) is 80.8 Å². The highest BCUT2D eigenvalue weighted by atomic mass is 16.5. The van der Waals surface area contributed by atoms with Gasteiger partial charge in [-0.2, -0.15) is 0 Å². The summed E-state index contributed by atoms with van der Waals surface area (Å²) < 4.78 is 30.9. The summed E-state index contributed by atoms with van der Waals surface area (Å²) in [5.41, 5.74) is 8.39. The SMILES string of the molecule is C=C(C)C(C)(C)C.CC(C)(C)C.CC(C)(C)C1CCCCC1.CC(C)C(C)(C)C.CC(C)CC(C)(C)C.CCC(C)(C)C.CCC(C)C(C)(C)C.CCC(C)C(C)(C)C.CCCCCCCC(C)C(C)(C)C.CCOCCC(C)C(C)(C)C.CCOCCCC(C)C(C)(C)C.CCOCCCCC(C)C(C)(C)C.COCCC(C)C(C)(C)C.COCCCC(C)C(C)(C)C.COCCCCC(C)C(C)(C)C. The molecule has 0 aromatic carbocycles. The molecule has 0 amide bonds. The van der Waals surface area contributed by atoms with Crippen molar-refractivity contribution in [2.24, 2.45) is 152 Å². The van der Waals surface area contributed by atoms with E-state index >= 15 is 0 Å². The molecule has 0 N–H and O–H groups in total. The number of hydrogen-bond acceptors (Lipinski definition) is 6. The minimum absolute atomic E-state index is 0.306. The van der Waals surface area contributed by atoms with E-state index in [2.05, 4.69) is 457 Å². The lowest BCUT2D eigenvalue weighted by atomic mass is 9.72. The maximum Gasteiger partial charge on any atom is 0.0468 e. The number of rotatable bonds is 36. The van der Waals surface area contributed by atoms with Crippen LogP contribution in [-0.4, -0.2) is 80.8 Å². The topological polar surface area (TPSA) is 55.4 Å². The Morgan fingerprint density at radius 3 is 0.660 bits per heavy atom. The molecule has 0 bridgehead atoms. The van der Waals surface area contributed by atoms with Gasteiger partial charge < -0.3 is 28.4 Å². The predicted octanol–water partition coefficient (Wildman–Crippen LogP) is 47.4. The summed E-state index contributed by atoms with van der Waals surface area (Å²) in [6.45, 7) is 164. The Morgan fingerprint density at radius 2 is 0.475 bits per heavy atom. The zero-order valence-corrected chi connectivity index (χ0v) is 114. The van der Waals surface area contributed by atoms with Crippen molar-refractivity contribution in [2.45, 2.75) is 637 Å². The number of ether oxygens (including phenoxy) is 6. The molecule has 1 rings (SSSR count). The van der Waals surface area contributed by atoms with Gasteiger partial charge in [0.25, 0.3) is 0 Å². The normalized spacial score (nSPS) is 15.0. The van der Waals surface area contributed by atoms with E-state index in [4.69, 9.17) is 28.4 Å². The molecule has 0 radical (unpaired) electrons. The Labute approximate surface area is 905 Å². The van der Waals surface area contributed by atoms with Crippen LogP contribution in [0.1, 0.15) is 637 Å². The monoisotopic (exact) mass is 2010 g/mol. The first-order valence-electron chi connectivity index (χ1n) is 59.7. The molecular formula is C135H296O6. The molecule has 0 aromatic rings. The van der Waals surface area contributed by atoms with E-state index in [0.717, 1.165) is 130 Å². The first kappa shape index (κ1) is 171. The van der Waals surface area contributed by atoms with Gasteiger partial charge in [-0.3, -0.25) is 0 Å². The molecule has 0 heterocycles. The molecule has 141 heavy (non-hydrogen) atoms. The highest BCUT2D eigenvalue weighted by Crippen LogP contribution is 2.39. The van der Waals surface area contributed by atoms with Crippen LogP contribution < -0.4 is 0 Å². The third kappa shape index (κ3) is 153. The largest absolute Gasteiger partial charge is 0.385 e. The van der Waals surface area contributed by atoms with Gasteiger partial charge in [-0.1, -0.05) is 551 Å². The second-order valence-electron chi connectivity index (χ2n) is 61.2. The minimum Gasteiger partial charge on any atom is -0.385 e. The van der Waals surface area contributed by atoms with Crippen LogP contribution in [-0.2, 0) is 28.4 Å². The second-order valence-corrected chi connectivity index (χ2v) is 61.2. The summed E-state index contributed by atoms with van der Waals surface area (Å²) in [6, 6.07) is 0. The highest BCUT2D eigenvalue weighted by Gasteiger charge is 2.28. The molecule has 9 atom stereocenters. The van der Waals surface area contributed by atoms with Crippen molar-refractivity contribution < 1.29 is 28.4 Å². The first-order valence-corrected chi connectivity index (χ1v) is 59.7. The summed E-state index contributed by atoms with van der Waals surface area (Å²) >= 11 is 0. The van der Waals surface area contributed by atoms with Gasteiger partial charge in [0.15, 0.2) is 0 Å². The fraction of sp³-hybridized carbons (Fsp3) is 0.985. The minimum atomic E-state index is 0.306. The third-order valence-corrected chi connectivity index (χ3v) is 30.6. The molecule has 9 unspecified atom stereocenters. The van der Waals surface area contributed by atoms with Gasteiger partial charge in [-0.25, -0.2) is 0 Å².